The summed E-state index contributed by atoms with van der Waals surface area (Å²) in [6.45, 7) is 4.72. The molecule has 0 aliphatic heterocycles. The van der Waals surface area contributed by atoms with Crippen molar-refractivity contribution in [3.8, 4) is 17.2 Å². The highest BCUT2D eigenvalue weighted by molar-refractivity contribution is 6.04. The molecule has 0 saturated heterocycles. The number of fused-ring (bicyclic) bond motifs is 1. The highest BCUT2D eigenvalue weighted by Crippen LogP contribution is 2.28. The van der Waals surface area contributed by atoms with Crippen molar-refractivity contribution in [1.29, 1.82) is 0 Å². The van der Waals surface area contributed by atoms with Gasteiger partial charge in [0.15, 0.2) is 0 Å². The summed E-state index contributed by atoms with van der Waals surface area (Å²) in [7, 11) is 0. The predicted molar refractivity (Wildman–Crippen MR) is 139 cm³/mol. The van der Waals surface area contributed by atoms with Crippen molar-refractivity contribution in [2.24, 2.45) is 5.10 Å². The highest BCUT2D eigenvalue weighted by Gasteiger charge is 2.15. The van der Waals surface area contributed by atoms with Crippen LogP contribution in [0.5, 0.6) is 17.2 Å². The molecule has 36 heavy (non-hydrogen) atoms. The molecule has 4 aromatic rings. The van der Waals surface area contributed by atoms with Crippen LogP contribution in [0.2, 0.25) is 0 Å². The Hall–Kier alpha value is -4.65. The number of hydrogen-bond donors (Lipinski definition) is 1. The number of para-hydroxylation sites is 1. The third-order valence-electron chi connectivity index (χ3n) is 5.33. The minimum atomic E-state index is -0.516. The van der Waals surface area contributed by atoms with E-state index in [1.54, 1.807) is 54.6 Å². The minimum absolute atomic E-state index is 0.320. The van der Waals surface area contributed by atoms with Crippen LogP contribution in [0.1, 0.15) is 40.1 Å². The Balaban J connectivity index is 1.59. The summed E-state index contributed by atoms with van der Waals surface area (Å²) in [5, 5.41) is 5.91. The zero-order valence-electron chi connectivity index (χ0n) is 20.1. The van der Waals surface area contributed by atoms with Crippen LogP contribution in [0, 0.1) is 0 Å². The number of benzene rings is 4. The van der Waals surface area contributed by atoms with E-state index in [1.165, 1.54) is 6.21 Å². The summed E-state index contributed by atoms with van der Waals surface area (Å²) >= 11 is 0. The topological polar surface area (TPSA) is 86.2 Å². The van der Waals surface area contributed by atoms with Crippen LogP contribution in [-0.4, -0.2) is 31.3 Å². The fourth-order valence-corrected chi connectivity index (χ4v) is 3.66. The molecule has 0 bridgehead atoms. The first-order valence-corrected chi connectivity index (χ1v) is 11.6. The van der Waals surface area contributed by atoms with Gasteiger partial charge in [0, 0.05) is 5.56 Å². The number of esters is 1. The average molecular weight is 483 g/mol. The largest absolute Gasteiger partial charge is 0.494 e. The van der Waals surface area contributed by atoms with Gasteiger partial charge in [-0.15, -0.1) is 0 Å². The van der Waals surface area contributed by atoms with Gasteiger partial charge in [0.25, 0.3) is 5.91 Å². The fourth-order valence-electron chi connectivity index (χ4n) is 3.66. The molecule has 0 fully saturated rings. The second-order valence-electron chi connectivity index (χ2n) is 7.67. The lowest BCUT2D eigenvalue weighted by atomic mass is 10.0. The zero-order chi connectivity index (χ0) is 25.3. The highest BCUT2D eigenvalue weighted by atomic mass is 16.5. The van der Waals surface area contributed by atoms with Gasteiger partial charge < -0.3 is 14.2 Å². The molecule has 182 valence electrons. The van der Waals surface area contributed by atoms with Crippen molar-refractivity contribution >= 4 is 28.9 Å². The van der Waals surface area contributed by atoms with E-state index >= 15 is 0 Å². The van der Waals surface area contributed by atoms with Gasteiger partial charge in [-0.05, 0) is 67.1 Å². The number of ether oxygens (including phenoxy) is 3. The number of nitrogens with zero attached hydrogens (tertiary/aromatic N) is 1. The first-order chi connectivity index (χ1) is 17.6. The van der Waals surface area contributed by atoms with E-state index in [9.17, 15) is 9.59 Å². The molecule has 4 aromatic carbocycles. The third-order valence-corrected chi connectivity index (χ3v) is 5.33. The van der Waals surface area contributed by atoms with E-state index < -0.39 is 11.9 Å². The fraction of sp³-hybridized carbons (Fsp3) is 0.138. The molecular formula is C29H26N2O5. The number of carbonyl (C=O) groups excluding carboxylic acids is 2. The molecule has 1 amide bonds. The van der Waals surface area contributed by atoms with Gasteiger partial charge in [-0.2, -0.15) is 5.10 Å². The molecule has 0 atom stereocenters. The quantitative estimate of drug-likeness (QED) is 0.145. The lowest BCUT2D eigenvalue weighted by Crippen LogP contribution is -2.19. The van der Waals surface area contributed by atoms with Crippen molar-refractivity contribution in [2.75, 3.05) is 13.2 Å². The van der Waals surface area contributed by atoms with Crippen LogP contribution in [0.4, 0.5) is 0 Å². The number of rotatable bonds is 9. The molecule has 0 unspecified atom stereocenters. The van der Waals surface area contributed by atoms with Crippen molar-refractivity contribution in [1.82, 2.24) is 5.43 Å². The lowest BCUT2D eigenvalue weighted by molar-refractivity contribution is 0.0734. The smallest absolute Gasteiger partial charge is 0.343 e. The summed E-state index contributed by atoms with van der Waals surface area (Å²) in [5.41, 5.74) is 3.85. The monoisotopic (exact) mass is 482 g/mol. The van der Waals surface area contributed by atoms with Gasteiger partial charge in [-0.3, -0.25) is 4.79 Å². The molecule has 7 nitrogen and oxygen atoms in total. The first-order valence-electron chi connectivity index (χ1n) is 11.6. The van der Waals surface area contributed by atoms with Crippen LogP contribution in [0.25, 0.3) is 10.8 Å². The lowest BCUT2D eigenvalue weighted by Gasteiger charge is -2.11. The summed E-state index contributed by atoms with van der Waals surface area (Å²) in [6.07, 6.45) is 1.48. The Bertz CT molecular complexity index is 1400. The summed E-state index contributed by atoms with van der Waals surface area (Å²) in [4.78, 5) is 25.6. The second-order valence-corrected chi connectivity index (χ2v) is 7.67. The molecule has 0 saturated carbocycles. The van der Waals surface area contributed by atoms with Gasteiger partial charge in [-0.1, -0.05) is 42.5 Å². The van der Waals surface area contributed by atoms with Crippen molar-refractivity contribution in [2.45, 2.75) is 13.8 Å². The molecule has 0 aliphatic carbocycles. The first kappa shape index (κ1) is 24.5. The van der Waals surface area contributed by atoms with Crippen LogP contribution >= 0.6 is 0 Å². The summed E-state index contributed by atoms with van der Waals surface area (Å²) in [6, 6.07) is 24.9. The molecule has 0 heterocycles. The molecule has 1 N–H and O–H groups in total. The van der Waals surface area contributed by atoms with E-state index in [1.807, 2.05) is 44.2 Å². The Labute approximate surface area is 209 Å². The number of amides is 1. The molecule has 0 aromatic heterocycles. The SMILES string of the molecule is CCOc1ccc(C(=O)Oc2ccc3ccccc3c2/C=N\NC(=O)c2ccccc2OCC)cc1. The Morgan fingerprint density at radius 3 is 2.31 bits per heavy atom. The van der Waals surface area contributed by atoms with E-state index in [0.717, 1.165) is 10.8 Å². The van der Waals surface area contributed by atoms with Crippen LogP contribution < -0.4 is 19.6 Å². The van der Waals surface area contributed by atoms with Crippen molar-refractivity contribution in [3.63, 3.8) is 0 Å². The molecule has 7 heteroatoms. The molecule has 0 aliphatic rings. The maximum absolute atomic E-state index is 12.8. The number of hydrazone groups is 1. The maximum atomic E-state index is 12.8. The number of nitrogens with one attached hydrogen (secondary N) is 1. The van der Waals surface area contributed by atoms with Gasteiger partial charge in [-0.25, -0.2) is 10.2 Å². The van der Waals surface area contributed by atoms with Gasteiger partial charge in [0.2, 0.25) is 0 Å². The molecular weight excluding hydrogens is 456 g/mol. The minimum Gasteiger partial charge on any atom is -0.494 e. The summed E-state index contributed by atoms with van der Waals surface area (Å²) < 4.78 is 16.7. The van der Waals surface area contributed by atoms with E-state index in [4.69, 9.17) is 14.2 Å². The van der Waals surface area contributed by atoms with Gasteiger partial charge in [0.05, 0.1) is 30.6 Å². The second kappa shape index (κ2) is 11.7. The van der Waals surface area contributed by atoms with Gasteiger partial charge in [0.1, 0.15) is 17.2 Å². The standard InChI is InChI=1S/C29H26N2O5/c1-3-34-22-16-13-21(14-17-22)29(33)36-27-18-15-20-9-5-6-10-23(20)25(27)19-30-31-28(32)24-11-7-8-12-26(24)35-4-2/h5-19H,3-4H2,1-2H3,(H,31,32)/b30-19-. The Morgan fingerprint density at radius 2 is 1.53 bits per heavy atom. The zero-order valence-corrected chi connectivity index (χ0v) is 20.1. The maximum Gasteiger partial charge on any atom is 0.343 e. The Kier molecular flexibility index (Phi) is 7.93. The number of carbonyl (C=O) groups is 2. The van der Waals surface area contributed by atoms with Crippen LogP contribution in [0.15, 0.2) is 90.0 Å². The molecule has 0 spiro atoms. The summed E-state index contributed by atoms with van der Waals surface area (Å²) in [5.74, 6) is 0.540. The molecule has 4 rings (SSSR count). The Morgan fingerprint density at radius 1 is 0.806 bits per heavy atom. The van der Waals surface area contributed by atoms with E-state index in [-0.39, 0.29) is 0 Å². The van der Waals surface area contributed by atoms with E-state index in [0.29, 0.717) is 47.2 Å². The van der Waals surface area contributed by atoms with Crippen LogP contribution in [-0.2, 0) is 0 Å². The van der Waals surface area contributed by atoms with Crippen molar-refractivity contribution in [3.05, 3.63) is 102 Å². The van der Waals surface area contributed by atoms with Crippen molar-refractivity contribution < 1.29 is 23.8 Å². The number of hydrogen-bond acceptors (Lipinski definition) is 6. The predicted octanol–water partition coefficient (Wildman–Crippen LogP) is 5.62. The van der Waals surface area contributed by atoms with Crippen LogP contribution in [0.3, 0.4) is 0 Å². The van der Waals surface area contributed by atoms with Gasteiger partial charge >= 0.3 is 5.97 Å². The normalized spacial score (nSPS) is 10.8. The third kappa shape index (κ3) is 5.70. The molecule has 0 radical (unpaired) electrons. The average Bonchev–Trinajstić information content (AvgIpc) is 2.90. The van der Waals surface area contributed by atoms with E-state index in [2.05, 4.69) is 10.5 Å².